The number of carbonyl (C=O) groups excluding carboxylic acids is 1. The lowest BCUT2D eigenvalue weighted by molar-refractivity contribution is -0.889. The lowest BCUT2D eigenvalue weighted by Gasteiger charge is -2.29. The van der Waals surface area contributed by atoms with E-state index in [0.29, 0.717) is 36.0 Å². The molecule has 0 spiro atoms. The van der Waals surface area contributed by atoms with E-state index in [0.717, 1.165) is 0 Å². The number of allylic oxidation sites excluding steroid dienone is 1. The number of quaternary nitrogens is 1. The topological polar surface area (TPSA) is 71.4 Å². The molecule has 6 heteroatoms. The third-order valence-corrected chi connectivity index (χ3v) is 3.39. The molecule has 0 radical (unpaired) electrons. The summed E-state index contributed by atoms with van der Waals surface area (Å²) in [5, 5.41) is 0. The maximum atomic E-state index is 11.4. The predicted octanol–water partition coefficient (Wildman–Crippen LogP) is 0.876. The summed E-state index contributed by atoms with van der Waals surface area (Å²) in [7, 11) is -0.0297. The molecule has 0 unspecified atom stereocenters. The van der Waals surface area contributed by atoms with Crippen molar-refractivity contribution >= 4 is 15.9 Å². The fraction of sp³-hybridized carbons (Fsp3) is 0.727. The van der Waals surface area contributed by atoms with Gasteiger partial charge in [-0.3, -0.25) is 9.35 Å². The number of ketones is 1. The number of Topliss-reactive ketones (excluding diaryl/α,β-unsaturated/α-hetero) is 1. The zero-order chi connectivity index (χ0) is 13.7. The molecule has 0 aromatic heterocycles. The highest BCUT2D eigenvalue weighted by Gasteiger charge is 2.18. The molecule has 0 aliphatic rings. The molecule has 0 saturated carbocycles. The van der Waals surface area contributed by atoms with Crippen molar-refractivity contribution in [3.8, 4) is 0 Å². The molecule has 5 nitrogen and oxygen atoms in total. The van der Waals surface area contributed by atoms with E-state index in [-0.39, 0.29) is 11.5 Å². The second kappa shape index (κ2) is 6.28. The first-order chi connectivity index (χ1) is 7.53. The third-order valence-electron chi connectivity index (χ3n) is 2.59. The first-order valence-electron chi connectivity index (χ1n) is 5.49. The Morgan fingerprint density at radius 3 is 2.24 bits per heavy atom. The predicted molar refractivity (Wildman–Crippen MR) is 67.3 cm³/mol. The number of carbonyl (C=O) groups is 1. The highest BCUT2D eigenvalue weighted by Crippen LogP contribution is 2.05. The zero-order valence-corrected chi connectivity index (χ0v) is 11.6. The Kier molecular flexibility index (Phi) is 6.01. The number of hydrogen-bond acceptors (Lipinski definition) is 3. The normalized spacial score (nSPS) is 12.5. The van der Waals surface area contributed by atoms with E-state index in [1.54, 1.807) is 6.92 Å². The van der Waals surface area contributed by atoms with Crippen LogP contribution in [0, 0.1) is 0 Å². The van der Waals surface area contributed by atoms with Gasteiger partial charge in [0.05, 0.1) is 39.4 Å². The van der Waals surface area contributed by atoms with Gasteiger partial charge >= 0.3 is 0 Å². The minimum Gasteiger partial charge on any atom is -0.328 e. The van der Waals surface area contributed by atoms with Crippen molar-refractivity contribution in [2.24, 2.45) is 0 Å². The highest BCUT2D eigenvalue weighted by atomic mass is 32.2. The third kappa shape index (κ3) is 9.02. The van der Waals surface area contributed by atoms with Crippen molar-refractivity contribution < 1.29 is 22.2 Å². The molecule has 0 aliphatic carbocycles. The summed E-state index contributed by atoms with van der Waals surface area (Å²) < 4.78 is 30.3. The van der Waals surface area contributed by atoms with Gasteiger partial charge in [-0.15, -0.1) is 0 Å². The number of hydrogen-bond donors (Lipinski definition) is 1. The minimum atomic E-state index is -3.88. The van der Waals surface area contributed by atoms with Gasteiger partial charge in [0.1, 0.15) is 0 Å². The van der Waals surface area contributed by atoms with Crippen molar-refractivity contribution in [2.45, 2.75) is 19.8 Å². The molecule has 0 atom stereocenters. The standard InChI is InChI=1S/C11H21NO4S/c1-10(2)11(13)6-8-12(3,4)7-5-9-17(14,15)16/h1,5-9H2,2-4H3/p+1. The molecule has 0 aliphatic heterocycles. The van der Waals surface area contributed by atoms with E-state index in [9.17, 15) is 13.2 Å². The van der Waals surface area contributed by atoms with Gasteiger partial charge in [-0.1, -0.05) is 6.58 Å². The first-order valence-corrected chi connectivity index (χ1v) is 7.10. The summed E-state index contributed by atoms with van der Waals surface area (Å²) in [6, 6.07) is 0. The smallest absolute Gasteiger partial charge is 0.265 e. The van der Waals surface area contributed by atoms with Crippen LogP contribution in [0.2, 0.25) is 0 Å². The van der Waals surface area contributed by atoms with Gasteiger partial charge in [0.2, 0.25) is 0 Å². The van der Waals surface area contributed by atoms with Crippen molar-refractivity contribution in [1.82, 2.24) is 0 Å². The Morgan fingerprint density at radius 2 is 1.82 bits per heavy atom. The Bertz CT molecular complexity index is 384. The highest BCUT2D eigenvalue weighted by molar-refractivity contribution is 7.85. The van der Waals surface area contributed by atoms with Gasteiger partial charge in [-0.25, -0.2) is 0 Å². The second-order valence-electron chi connectivity index (χ2n) is 4.98. The lowest BCUT2D eigenvalue weighted by Crippen LogP contribution is -2.42. The summed E-state index contributed by atoms with van der Waals surface area (Å²) in [6.45, 7) is 6.50. The summed E-state index contributed by atoms with van der Waals surface area (Å²) in [5.74, 6) is -0.200. The molecule has 0 saturated heterocycles. The number of nitrogens with zero attached hydrogens (tertiary/aromatic N) is 1. The fourth-order valence-corrected chi connectivity index (χ4v) is 1.90. The van der Waals surface area contributed by atoms with Gasteiger partial charge in [-0.05, 0) is 12.5 Å². The van der Waals surface area contributed by atoms with Crippen LogP contribution >= 0.6 is 0 Å². The van der Waals surface area contributed by atoms with E-state index in [1.165, 1.54) is 0 Å². The average Bonchev–Trinajstić information content (AvgIpc) is 2.11. The molecule has 0 aromatic rings. The van der Waals surface area contributed by atoms with Crippen LogP contribution in [0.15, 0.2) is 12.2 Å². The molecule has 0 bridgehead atoms. The van der Waals surface area contributed by atoms with Crippen LogP contribution in [0.25, 0.3) is 0 Å². The van der Waals surface area contributed by atoms with Crippen LogP contribution in [0.5, 0.6) is 0 Å². The van der Waals surface area contributed by atoms with Crippen molar-refractivity contribution in [3.05, 3.63) is 12.2 Å². The molecule has 17 heavy (non-hydrogen) atoms. The van der Waals surface area contributed by atoms with Crippen LogP contribution in [-0.4, -0.2) is 56.2 Å². The molecule has 100 valence electrons. The van der Waals surface area contributed by atoms with Crippen molar-refractivity contribution in [3.63, 3.8) is 0 Å². The van der Waals surface area contributed by atoms with Crippen LogP contribution in [0.1, 0.15) is 19.8 Å². The average molecular weight is 264 g/mol. The molecule has 0 aromatic carbocycles. The largest absolute Gasteiger partial charge is 0.328 e. The van der Waals surface area contributed by atoms with E-state index in [2.05, 4.69) is 6.58 Å². The minimum absolute atomic E-state index is 0.0333. The molecule has 0 heterocycles. The second-order valence-corrected chi connectivity index (χ2v) is 6.55. The monoisotopic (exact) mass is 264 g/mol. The Morgan fingerprint density at radius 1 is 1.29 bits per heavy atom. The fourth-order valence-electron chi connectivity index (χ4n) is 1.40. The van der Waals surface area contributed by atoms with E-state index >= 15 is 0 Å². The number of rotatable bonds is 8. The van der Waals surface area contributed by atoms with Crippen LogP contribution in [0.4, 0.5) is 0 Å². The van der Waals surface area contributed by atoms with E-state index in [1.807, 2.05) is 14.1 Å². The first kappa shape index (κ1) is 16.3. The maximum Gasteiger partial charge on any atom is 0.265 e. The Labute approximate surface area is 103 Å². The Hall–Kier alpha value is -0.720. The quantitative estimate of drug-likeness (QED) is 0.401. The van der Waals surface area contributed by atoms with Gasteiger partial charge in [0.15, 0.2) is 5.78 Å². The van der Waals surface area contributed by atoms with Crippen molar-refractivity contribution in [1.29, 1.82) is 0 Å². The van der Waals surface area contributed by atoms with Gasteiger partial charge in [0, 0.05) is 6.42 Å². The summed E-state index contributed by atoms with van der Waals surface area (Å²) in [5.41, 5.74) is 0.544. The van der Waals surface area contributed by atoms with Gasteiger partial charge in [-0.2, -0.15) is 8.42 Å². The van der Waals surface area contributed by atoms with Gasteiger partial charge in [0.25, 0.3) is 10.1 Å². The van der Waals surface area contributed by atoms with Crippen LogP contribution in [-0.2, 0) is 14.9 Å². The Balaban J connectivity index is 4.04. The molecule has 0 fully saturated rings. The molecule has 1 N–H and O–H groups in total. The molecule has 0 rings (SSSR count). The van der Waals surface area contributed by atoms with Crippen LogP contribution < -0.4 is 0 Å². The van der Waals surface area contributed by atoms with Crippen molar-refractivity contribution in [2.75, 3.05) is 32.9 Å². The molecular weight excluding hydrogens is 242 g/mol. The summed E-state index contributed by atoms with van der Waals surface area (Å²) >= 11 is 0. The SMILES string of the molecule is C=C(C)C(=O)CC[N+](C)(C)CCCS(=O)(=O)O. The molecule has 0 amide bonds. The maximum absolute atomic E-state index is 11.4. The summed E-state index contributed by atoms with van der Waals surface area (Å²) in [6.07, 6.45) is 0.793. The zero-order valence-electron chi connectivity index (χ0n) is 10.8. The lowest BCUT2D eigenvalue weighted by atomic mass is 10.1. The summed E-state index contributed by atoms with van der Waals surface area (Å²) in [4.78, 5) is 11.4. The molecular formula is C11H22NO4S+. The van der Waals surface area contributed by atoms with Gasteiger partial charge < -0.3 is 4.48 Å². The van der Waals surface area contributed by atoms with E-state index in [4.69, 9.17) is 4.55 Å². The van der Waals surface area contributed by atoms with Crippen LogP contribution in [0.3, 0.4) is 0 Å². The van der Waals surface area contributed by atoms with E-state index < -0.39 is 10.1 Å².